The van der Waals surface area contributed by atoms with E-state index in [0.717, 1.165) is 0 Å². The van der Waals surface area contributed by atoms with Gasteiger partial charge in [0.15, 0.2) is 6.07 Å². The highest BCUT2D eigenvalue weighted by molar-refractivity contribution is 6.17. The maximum absolute atomic E-state index is 11.4. The van der Waals surface area contributed by atoms with Gasteiger partial charge in [-0.05, 0) is 20.8 Å². The van der Waals surface area contributed by atoms with Crippen LogP contribution in [0, 0.1) is 0 Å². The summed E-state index contributed by atoms with van der Waals surface area (Å²) in [6, 6.07) is -0.279. The van der Waals surface area contributed by atoms with Gasteiger partial charge in [0, 0.05) is 6.42 Å². The highest BCUT2D eigenvalue weighted by Gasteiger charge is 2.17. The summed E-state index contributed by atoms with van der Waals surface area (Å²) in [6.07, 6.45) is -0.630. The zero-order valence-electron chi connectivity index (χ0n) is 12.5. The number of alkyl halides is 1. The van der Waals surface area contributed by atoms with Gasteiger partial charge in [-0.25, -0.2) is 4.79 Å². The van der Waals surface area contributed by atoms with Crippen LogP contribution in [0.2, 0.25) is 0 Å². The number of carbonyl (C=O) groups excluding carboxylic acids is 3. The number of hydrogen-bond donors (Lipinski definition) is 0. The Morgan fingerprint density at radius 2 is 1.48 bits per heavy atom. The number of ether oxygens (including phenoxy) is 4. The summed E-state index contributed by atoms with van der Waals surface area (Å²) < 4.78 is 18.8. The largest absolute Gasteiger partial charge is 0.509 e. The van der Waals surface area contributed by atoms with E-state index in [2.05, 4.69) is 9.47 Å². The molecule has 0 fully saturated rings. The van der Waals surface area contributed by atoms with Crippen LogP contribution in [0.25, 0.3) is 0 Å². The van der Waals surface area contributed by atoms with Crippen molar-refractivity contribution in [1.29, 1.82) is 0 Å². The summed E-state index contributed by atoms with van der Waals surface area (Å²) in [5, 5.41) is 0. The summed E-state index contributed by atoms with van der Waals surface area (Å²) in [7, 11) is 0. The number of hydrogen-bond acceptors (Lipinski definition) is 7. The Labute approximate surface area is 128 Å². The van der Waals surface area contributed by atoms with Crippen LogP contribution in [0.3, 0.4) is 0 Å². The Balaban J connectivity index is 3.59. The molecule has 0 aliphatic heterocycles. The predicted octanol–water partition coefficient (Wildman–Crippen LogP) is 2.39. The SMILES string of the molecule is CC(C)(C)OC(=O)CCC(=O)OCCCOC(=O)OCCl. The average molecular weight is 325 g/mol. The molecule has 0 heterocycles. The molecule has 0 aromatic rings. The second kappa shape index (κ2) is 10.3. The standard InChI is InChI=1S/C13H21ClO7/c1-13(2,3)21-11(16)6-5-10(15)18-7-4-8-19-12(17)20-9-14/h4-9H2,1-3H3. The molecule has 0 atom stereocenters. The van der Waals surface area contributed by atoms with Gasteiger partial charge in [-0.2, -0.15) is 0 Å². The Bertz CT molecular complexity index is 349. The summed E-state index contributed by atoms with van der Waals surface area (Å²) in [6.45, 7) is 5.38. The quantitative estimate of drug-likeness (QED) is 0.293. The normalized spacial score (nSPS) is 10.7. The van der Waals surface area contributed by atoms with Crippen molar-refractivity contribution in [2.75, 3.05) is 19.3 Å². The Kier molecular flexibility index (Phi) is 9.53. The van der Waals surface area contributed by atoms with E-state index in [4.69, 9.17) is 21.1 Å². The summed E-state index contributed by atoms with van der Waals surface area (Å²) >= 11 is 5.15. The van der Waals surface area contributed by atoms with Crippen molar-refractivity contribution in [2.24, 2.45) is 0 Å². The first-order valence-corrected chi connectivity index (χ1v) is 7.01. The molecule has 0 aliphatic carbocycles. The lowest BCUT2D eigenvalue weighted by atomic mass is 10.2. The molecule has 0 aromatic heterocycles. The second-order valence-corrected chi connectivity index (χ2v) is 5.23. The van der Waals surface area contributed by atoms with E-state index in [0.29, 0.717) is 6.42 Å². The molecule has 8 heteroatoms. The van der Waals surface area contributed by atoms with Crippen LogP contribution in [-0.2, 0) is 28.5 Å². The topological polar surface area (TPSA) is 88.1 Å². The van der Waals surface area contributed by atoms with Gasteiger partial charge in [0.1, 0.15) is 5.60 Å². The number of halogens is 1. The molecule has 0 amide bonds. The lowest BCUT2D eigenvalue weighted by Crippen LogP contribution is -2.24. The van der Waals surface area contributed by atoms with Crippen LogP contribution in [-0.4, -0.2) is 43.0 Å². The molecule has 0 aromatic carbocycles. The van der Waals surface area contributed by atoms with E-state index in [1.165, 1.54) is 0 Å². The van der Waals surface area contributed by atoms with Gasteiger partial charge in [-0.3, -0.25) is 9.59 Å². The van der Waals surface area contributed by atoms with E-state index in [1.807, 2.05) is 0 Å². The fraction of sp³-hybridized carbons (Fsp3) is 0.769. The summed E-state index contributed by atoms with van der Waals surface area (Å²) in [4.78, 5) is 33.4. The first-order valence-electron chi connectivity index (χ1n) is 6.47. The molecule has 21 heavy (non-hydrogen) atoms. The third-order valence-corrected chi connectivity index (χ3v) is 2.01. The number of carbonyl (C=O) groups is 3. The van der Waals surface area contributed by atoms with Gasteiger partial charge in [-0.1, -0.05) is 11.6 Å². The lowest BCUT2D eigenvalue weighted by Gasteiger charge is -2.19. The van der Waals surface area contributed by atoms with Crippen LogP contribution in [0.5, 0.6) is 0 Å². The number of rotatable bonds is 8. The zero-order valence-corrected chi connectivity index (χ0v) is 13.2. The van der Waals surface area contributed by atoms with Crippen molar-refractivity contribution in [3.8, 4) is 0 Å². The zero-order chi connectivity index (χ0) is 16.3. The summed E-state index contributed by atoms with van der Waals surface area (Å²) in [5.74, 6) is -0.962. The van der Waals surface area contributed by atoms with Crippen molar-refractivity contribution in [3.63, 3.8) is 0 Å². The van der Waals surface area contributed by atoms with Crippen molar-refractivity contribution in [2.45, 2.75) is 45.6 Å². The van der Waals surface area contributed by atoms with E-state index in [9.17, 15) is 14.4 Å². The molecule has 0 saturated heterocycles. The Morgan fingerprint density at radius 1 is 0.905 bits per heavy atom. The van der Waals surface area contributed by atoms with Gasteiger partial charge in [0.25, 0.3) is 0 Å². The van der Waals surface area contributed by atoms with E-state index < -0.39 is 23.7 Å². The third kappa shape index (κ3) is 13.2. The molecule has 0 unspecified atom stereocenters. The molecule has 0 N–H and O–H groups in total. The van der Waals surface area contributed by atoms with Crippen molar-refractivity contribution < 1.29 is 33.3 Å². The van der Waals surface area contributed by atoms with Crippen LogP contribution in [0.4, 0.5) is 4.79 Å². The molecule has 7 nitrogen and oxygen atoms in total. The average Bonchev–Trinajstić information content (AvgIpc) is 2.34. The van der Waals surface area contributed by atoms with Crippen LogP contribution >= 0.6 is 11.6 Å². The fourth-order valence-electron chi connectivity index (χ4n) is 1.16. The monoisotopic (exact) mass is 324 g/mol. The van der Waals surface area contributed by atoms with Crippen molar-refractivity contribution in [3.05, 3.63) is 0 Å². The first-order chi connectivity index (χ1) is 9.74. The van der Waals surface area contributed by atoms with Gasteiger partial charge in [0.05, 0.1) is 26.1 Å². The molecular weight excluding hydrogens is 304 g/mol. The van der Waals surface area contributed by atoms with Gasteiger partial charge >= 0.3 is 18.1 Å². The van der Waals surface area contributed by atoms with Crippen LogP contribution in [0.15, 0.2) is 0 Å². The third-order valence-electron chi connectivity index (χ3n) is 1.90. The first kappa shape index (κ1) is 19.5. The molecule has 0 saturated carbocycles. The molecule has 0 aliphatic rings. The highest BCUT2D eigenvalue weighted by atomic mass is 35.5. The minimum absolute atomic E-state index is 0.0331. The Morgan fingerprint density at radius 3 is 2.05 bits per heavy atom. The molecular formula is C13H21ClO7. The van der Waals surface area contributed by atoms with Crippen LogP contribution < -0.4 is 0 Å². The lowest BCUT2D eigenvalue weighted by molar-refractivity contribution is -0.158. The number of esters is 2. The van der Waals surface area contributed by atoms with E-state index >= 15 is 0 Å². The highest BCUT2D eigenvalue weighted by Crippen LogP contribution is 2.09. The Hall–Kier alpha value is -1.50. The molecule has 122 valence electrons. The van der Waals surface area contributed by atoms with Gasteiger partial charge in [0.2, 0.25) is 0 Å². The fourth-order valence-corrected chi connectivity index (χ4v) is 1.24. The molecule has 0 bridgehead atoms. The maximum Gasteiger partial charge on any atom is 0.509 e. The maximum atomic E-state index is 11.4. The molecule has 0 spiro atoms. The van der Waals surface area contributed by atoms with Crippen LogP contribution in [0.1, 0.15) is 40.0 Å². The predicted molar refractivity (Wildman–Crippen MR) is 73.8 cm³/mol. The van der Waals surface area contributed by atoms with Crippen molar-refractivity contribution >= 4 is 29.7 Å². The minimum atomic E-state index is -0.874. The van der Waals surface area contributed by atoms with Gasteiger partial charge < -0.3 is 18.9 Å². The van der Waals surface area contributed by atoms with E-state index in [-0.39, 0.29) is 32.1 Å². The minimum Gasteiger partial charge on any atom is -0.466 e. The van der Waals surface area contributed by atoms with Crippen molar-refractivity contribution in [1.82, 2.24) is 0 Å². The second-order valence-electron chi connectivity index (χ2n) is 5.01. The smallest absolute Gasteiger partial charge is 0.466 e. The van der Waals surface area contributed by atoms with E-state index in [1.54, 1.807) is 20.8 Å². The molecule has 0 rings (SSSR count). The molecule has 0 radical (unpaired) electrons. The summed E-state index contributed by atoms with van der Waals surface area (Å²) in [5.41, 5.74) is -0.573. The van der Waals surface area contributed by atoms with Gasteiger partial charge in [-0.15, -0.1) is 0 Å².